The van der Waals surface area contributed by atoms with Crippen molar-refractivity contribution >= 4 is 0 Å². The van der Waals surface area contributed by atoms with Crippen molar-refractivity contribution < 1.29 is 44.8 Å². The number of hydrogen-bond acceptors (Lipinski definition) is 9. The Bertz CT molecular complexity index is 1270. The Labute approximate surface area is 241 Å². The lowest BCUT2D eigenvalue weighted by Gasteiger charge is -2.35. The zero-order chi connectivity index (χ0) is 30.2. The van der Waals surface area contributed by atoms with Gasteiger partial charge >= 0.3 is 0 Å². The van der Waals surface area contributed by atoms with E-state index in [1.54, 1.807) is 24.3 Å². The Morgan fingerprint density at radius 3 is 1.00 bits per heavy atom. The van der Waals surface area contributed by atoms with Crippen LogP contribution in [0, 0.1) is 0 Å². The van der Waals surface area contributed by atoms with Crippen LogP contribution in [-0.4, -0.2) is 50.5 Å². The topological polar surface area (TPSA) is 149 Å². The molecule has 0 heterocycles. The van der Waals surface area contributed by atoms with Crippen LogP contribution >= 0.6 is 0 Å². The number of benzene rings is 3. The first-order valence-electron chi connectivity index (χ1n) is 13.8. The van der Waals surface area contributed by atoms with E-state index in [1.165, 1.54) is 0 Å². The highest BCUT2D eigenvalue weighted by atomic mass is 16.5. The summed E-state index contributed by atoms with van der Waals surface area (Å²) in [6, 6.07) is 10.5. The van der Waals surface area contributed by atoms with Crippen LogP contribution in [0.4, 0.5) is 0 Å². The Morgan fingerprint density at radius 1 is 0.488 bits per heavy atom. The van der Waals surface area contributed by atoms with Crippen LogP contribution in [0.5, 0.6) is 17.2 Å². The van der Waals surface area contributed by atoms with Gasteiger partial charge in [-0.3, -0.25) is 0 Å². The molecule has 3 rings (SSSR count). The molecule has 0 unspecified atom stereocenters. The number of aliphatic hydroxyl groups is 3. The molecule has 0 aliphatic heterocycles. The van der Waals surface area contributed by atoms with Crippen LogP contribution < -0.4 is 0 Å². The highest BCUT2D eigenvalue weighted by molar-refractivity contribution is 5.59. The number of aliphatic hydroxyl groups excluding tert-OH is 3. The van der Waals surface area contributed by atoms with Gasteiger partial charge in [-0.25, -0.2) is 0 Å². The maximum absolute atomic E-state index is 11.1. The molecule has 9 nitrogen and oxygen atoms in total. The zero-order valence-corrected chi connectivity index (χ0v) is 24.2. The molecule has 3 aromatic carbocycles. The minimum Gasteiger partial charge on any atom is -0.507 e. The van der Waals surface area contributed by atoms with E-state index in [4.69, 9.17) is 14.2 Å². The van der Waals surface area contributed by atoms with Crippen molar-refractivity contribution in [3.63, 3.8) is 0 Å². The van der Waals surface area contributed by atoms with Crippen molar-refractivity contribution in [2.24, 2.45) is 0 Å². The molecule has 0 aliphatic carbocycles. The van der Waals surface area contributed by atoms with Crippen LogP contribution in [0.3, 0.4) is 0 Å². The summed E-state index contributed by atoms with van der Waals surface area (Å²) in [4.78, 5) is 0. The highest BCUT2D eigenvalue weighted by Gasteiger charge is 2.35. The summed E-state index contributed by atoms with van der Waals surface area (Å²) in [5, 5.41) is 62.9. The third kappa shape index (κ3) is 6.83. The van der Waals surface area contributed by atoms with Gasteiger partial charge in [0.05, 0.1) is 39.6 Å². The first-order valence-corrected chi connectivity index (χ1v) is 13.8. The first kappa shape index (κ1) is 32.3. The van der Waals surface area contributed by atoms with E-state index in [2.05, 4.69) is 0 Å². The molecular formula is C32H42O9. The maximum Gasteiger partial charge on any atom is 0.126 e. The monoisotopic (exact) mass is 570 g/mol. The summed E-state index contributed by atoms with van der Waals surface area (Å²) in [5.41, 5.74) is 3.30. The predicted octanol–water partition coefficient (Wildman–Crippen LogP) is 4.24. The summed E-state index contributed by atoms with van der Waals surface area (Å²) >= 11 is 0. The van der Waals surface area contributed by atoms with Crippen molar-refractivity contribution in [1.29, 1.82) is 0 Å². The molecular weight excluding hydrogens is 528 g/mol. The van der Waals surface area contributed by atoms with E-state index >= 15 is 0 Å². The van der Waals surface area contributed by atoms with Crippen LogP contribution in [-0.2, 0) is 59.3 Å². The third-order valence-electron chi connectivity index (χ3n) is 7.43. The van der Waals surface area contributed by atoms with Gasteiger partial charge in [0.1, 0.15) is 17.2 Å². The molecule has 0 spiro atoms. The number of ether oxygens (including phenoxy) is 3. The molecule has 3 aromatic rings. The van der Waals surface area contributed by atoms with E-state index in [0.29, 0.717) is 53.2 Å². The number of phenols is 3. The van der Waals surface area contributed by atoms with Gasteiger partial charge in [-0.05, 0) is 80.8 Å². The van der Waals surface area contributed by atoms with Gasteiger partial charge in [0, 0.05) is 58.6 Å². The lowest BCUT2D eigenvalue weighted by atomic mass is 9.69. The standard InChI is InChI=1S/C32H42O9/c1-5-39-17-23-11-27(10-22(16-35)30(23)37)32(4,26-8-20(14-33)29(36)21(9-26)15-34)28-12-24(18-40-6-2)31(38)25(13-28)19-41-7-3/h8-13,33-38H,5-7,14-19H2,1-4H3/t32-/m0/s1. The summed E-state index contributed by atoms with van der Waals surface area (Å²) in [6.07, 6.45) is 0. The molecule has 224 valence electrons. The van der Waals surface area contributed by atoms with Crippen LogP contribution in [0.25, 0.3) is 0 Å². The summed E-state index contributed by atoms with van der Waals surface area (Å²) < 4.78 is 16.9. The first-order chi connectivity index (χ1) is 19.7. The molecule has 0 saturated heterocycles. The van der Waals surface area contributed by atoms with Crippen molar-refractivity contribution in [2.45, 2.75) is 72.8 Å². The van der Waals surface area contributed by atoms with Crippen LogP contribution in [0.15, 0.2) is 36.4 Å². The second kappa shape index (κ2) is 14.6. The molecule has 0 aliphatic rings. The maximum atomic E-state index is 11.1. The summed E-state index contributed by atoms with van der Waals surface area (Å²) in [6.45, 7) is 7.88. The van der Waals surface area contributed by atoms with E-state index in [1.807, 2.05) is 39.8 Å². The van der Waals surface area contributed by atoms with Crippen molar-refractivity contribution in [3.8, 4) is 17.2 Å². The number of hydrogen-bond donors (Lipinski definition) is 6. The molecule has 41 heavy (non-hydrogen) atoms. The summed E-state index contributed by atoms with van der Waals surface area (Å²) in [7, 11) is 0. The quantitative estimate of drug-likeness (QED) is 0.148. The van der Waals surface area contributed by atoms with E-state index in [0.717, 1.165) is 5.56 Å². The second-order valence-electron chi connectivity index (χ2n) is 9.94. The van der Waals surface area contributed by atoms with E-state index < -0.39 is 25.2 Å². The molecule has 0 aromatic heterocycles. The fraction of sp³-hybridized carbons (Fsp3) is 0.438. The van der Waals surface area contributed by atoms with Crippen molar-refractivity contribution in [2.75, 3.05) is 19.8 Å². The van der Waals surface area contributed by atoms with E-state index in [-0.39, 0.29) is 48.2 Å². The largest absolute Gasteiger partial charge is 0.507 e. The molecule has 9 heteroatoms. The summed E-state index contributed by atoms with van der Waals surface area (Å²) in [5.74, 6) is -0.195. The molecule has 1 atom stereocenters. The average Bonchev–Trinajstić information content (AvgIpc) is 2.98. The fourth-order valence-corrected chi connectivity index (χ4v) is 4.97. The lowest BCUT2D eigenvalue weighted by molar-refractivity contribution is 0.126. The number of phenolic OH excluding ortho intramolecular Hbond substituents is 1. The van der Waals surface area contributed by atoms with Gasteiger partial charge in [0.2, 0.25) is 0 Å². The van der Waals surface area contributed by atoms with Gasteiger partial charge in [0.15, 0.2) is 0 Å². The van der Waals surface area contributed by atoms with Gasteiger partial charge in [-0.15, -0.1) is 0 Å². The smallest absolute Gasteiger partial charge is 0.126 e. The Hall–Kier alpha value is -3.18. The van der Waals surface area contributed by atoms with E-state index in [9.17, 15) is 30.6 Å². The van der Waals surface area contributed by atoms with Crippen LogP contribution in [0.1, 0.15) is 77.8 Å². The van der Waals surface area contributed by atoms with Gasteiger partial charge in [-0.2, -0.15) is 0 Å². The second-order valence-corrected chi connectivity index (χ2v) is 9.94. The van der Waals surface area contributed by atoms with Crippen molar-refractivity contribution in [1.82, 2.24) is 0 Å². The minimum atomic E-state index is -1.05. The Kier molecular flexibility index (Phi) is 11.5. The molecule has 0 amide bonds. The molecule has 0 saturated carbocycles. The predicted molar refractivity (Wildman–Crippen MR) is 154 cm³/mol. The average molecular weight is 571 g/mol. The molecule has 0 radical (unpaired) electrons. The third-order valence-corrected chi connectivity index (χ3v) is 7.43. The molecule has 0 bridgehead atoms. The molecule has 6 N–H and O–H groups in total. The Balaban J connectivity index is 2.46. The van der Waals surface area contributed by atoms with Gasteiger partial charge in [0.25, 0.3) is 0 Å². The molecule has 0 fully saturated rings. The lowest BCUT2D eigenvalue weighted by Crippen LogP contribution is -2.27. The fourth-order valence-electron chi connectivity index (χ4n) is 4.97. The van der Waals surface area contributed by atoms with Gasteiger partial charge < -0.3 is 44.8 Å². The SMILES string of the molecule is CCOCc1cc([C@](C)(c2cc(CO)c(O)c(CO)c2)c2cc(COCC)c(O)c(COCC)c2)cc(CO)c1O. The zero-order valence-electron chi connectivity index (χ0n) is 24.2. The highest BCUT2D eigenvalue weighted by Crippen LogP contribution is 2.45. The Morgan fingerprint density at radius 2 is 0.732 bits per heavy atom. The normalized spacial score (nSPS) is 13.0. The van der Waals surface area contributed by atoms with Crippen LogP contribution in [0.2, 0.25) is 0 Å². The minimum absolute atomic E-state index is 0.0644. The van der Waals surface area contributed by atoms with Crippen molar-refractivity contribution in [3.05, 3.63) is 86.5 Å². The number of rotatable bonds is 15. The van der Waals surface area contributed by atoms with Gasteiger partial charge in [-0.1, -0.05) is 0 Å². The number of aromatic hydroxyl groups is 3.